The Morgan fingerprint density at radius 3 is 2.50 bits per heavy atom. The molecule has 20 heavy (non-hydrogen) atoms. The zero-order valence-electron chi connectivity index (χ0n) is 10.8. The second kappa shape index (κ2) is 6.12. The number of nitro groups is 1. The van der Waals surface area contributed by atoms with E-state index in [0.717, 1.165) is 11.3 Å². The third-order valence-corrected chi connectivity index (χ3v) is 2.92. The molecule has 6 heteroatoms. The highest BCUT2D eigenvalue weighted by Crippen LogP contribution is 2.22. The number of aryl methyl sites for hydroxylation is 1. The van der Waals surface area contributed by atoms with Gasteiger partial charge in [-0.3, -0.25) is 10.1 Å². The highest BCUT2D eigenvalue weighted by atomic mass is 32.1. The Morgan fingerprint density at radius 1 is 1.15 bits per heavy atom. The molecular weight excluding hydrogens is 274 g/mol. The van der Waals surface area contributed by atoms with Crippen LogP contribution in [0, 0.1) is 17.0 Å². The van der Waals surface area contributed by atoms with Gasteiger partial charge in [-0.1, -0.05) is 24.3 Å². The number of anilines is 2. The van der Waals surface area contributed by atoms with E-state index in [1.807, 2.05) is 37.3 Å². The molecule has 2 aromatic rings. The van der Waals surface area contributed by atoms with Crippen LogP contribution in [-0.4, -0.2) is 10.0 Å². The van der Waals surface area contributed by atoms with Gasteiger partial charge in [0.25, 0.3) is 5.69 Å². The van der Waals surface area contributed by atoms with Crippen LogP contribution in [0.5, 0.6) is 0 Å². The van der Waals surface area contributed by atoms with Crippen molar-refractivity contribution in [3.05, 3.63) is 64.2 Å². The summed E-state index contributed by atoms with van der Waals surface area (Å²) >= 11 is 5.19. The molecule has 2 aromatic carbocycles. The van der Waals surface area contributed by atoms with Crippen LogP contribution in [-0.2, 0) is 0 Å². The smallest absolute Gasteiger partial charge is 0.271 e. The number of hydrogen-bond acceptors (Lipinski definition) is 3. The molecule has 0 unspecified atom stereocenters. The van der Waals surface area contributed by atoms with Gasteiger partial charge in [-0.25, -0.2) is 0 Å². The van der Waals surface area contributed by atoms with Crippen LogP contribution in [0.3, 0.4) is 0 Å². The Morgan fingerprint density at radius 2 is 1.85 bits per heavy atom. The fourth-order valence-corrected chi connectivity index (χ4v) is 1.89. The molecule has 2 N–H and O–H groups in total. The summed E-state index contributed by atoms with van der Waals surface area (Å²) in [6.45, 7) is 1.86. The lowest BCUT2D eigenvalue weighted by atomic mass is 10.2. The molecule has 0 aliphatic heterocycles. The SMILES string of the molecule is Cc1ccc([N+](=O)[O-])cc1NC(=S)Nc1ccccc1. The summed E-state index contributed by atoms with van der Waals surface area (Å²) in [5.74, 6) is 0. The minimum atomic E-state index is -0.432. The van der Waals surface area contributed by atoms with Gasteiger partial charge in [0, 0.05) is 23.5 Å². The molecular formula is C14H13N3O2S. The normalized spacial score (nSPS) is 9.85. The first-order chi connectivity index (χ1) is 9.56. The minimum Gasteiger partial charge on any atom is -0.332 e. The number of para-hydroxylation sites is 1. The Bertz CT molecular complexity index is 644. The van der Waals surface area contributed by atoms with E-state index in [1.165, 1.54) is 12.1 Å². The summed E-state index contributed by atoms with van der Waals surface area (Å²) in [5.41, 5.74) is 2.38. The van der Waals surface area contributed by atoms with Gasteiger partial charge in [-0.2, -0.15) is 0 Å². The third-order valence-electron chi connectivity index (χ3n) is 2.71. The lowest BCUT2D eigenvalue weighted by molar-refractivity contribution is -0.384. The largest absolute Gasteiger partial charge is 0.332 e. The Balaban J connectivity index is 2.11. The predicted octanol–water partition coefficient (Wildman–Crippen LogP) is 3.71. The van der Waals surface area contributed by atoms with E-state index >= 15 is 0 Å². The molecule has 0 aliphatic carbocycles. The average Bonchev–Trinajstić information content (AvgIpc) is 2.42. The molecule has 102 valence electrons. The molecule has 2 rings (SSSR count). The number of rotatable bonds is 3. The monoisotopic (exact) mass is 287 g/mol. The van der Waals surface area contributed by atoms with Crippen LogP contribution < -0.4 is 10.6 Å². The van der Waals surface area contributed by atoms with Crippen LogP contribution in [0.2, 0.25) is 0 Å². The fourth-order valence-electron chi connectivity index (χ4n) is 1.66. The van der Waals surface area contributed by atoms with Crippen molar-refractivity contribution >= 4 is 34.4 Å². The number of nitrogens with one attached hydrogen (secondary N) is 2. The third kappa shape index (κ3) is 3.52. The maximum absolute atomic E-state index is 10.8. The lowest BCUT2D eigenvalue weighted by Gasteiger charge is -2.12. The molecule has 0 aromatic heterocycles. The van der Waals surface area contributed by atoms with Crippen LogP contribution >= 0.6 is 12.2 Å². The van der Waals surface area contributed by atoms with Gasteiger partial charge in [-0.05, 0) is 36.8 Å². The topological polar surface area (TPSA) is 67.2 Å². The van der Waals surface area contributed by atoms with Gasteiger partial charge in [-0.15, -0.1) is 0 Å². The van der Waals surface area contributed by atoms with Gasteiger partial charge in [0.05, 0.1) is 4.92 Å². The van der Waals surface area contributed by atoms with E-state index < -0.39 is 4.92 Å². The summed E-state index contributed by atoms with van der Waals surface area (Å²) in [7, 11) is 0. The molecule has 0 amide bonds. The number of non-ortho nitro benzene ring substituents is 1. The second-order valence-electron chi connectivity index (χ2n) is 4.20. The van der Waals surface area contributed by atoms with Crippen LogP contribution in [0.15, 0.2) is 48.5 Å². The highest BCUT2D eigenvalue weighted by molar-refractivity contribution is 7.80. The molecule has 0 saturated carbocycles. The van der Waals surface area contributed by atoms with Crippen molar-refractivity contribution in [1.82, 2.24) is 0 Å². The molecule has 0 radical (unpaired) electrons. The van der Waals surface area contributed by atoms with Gasteiger partial charge >= 0.3 is 0 Å². The van der Waals surface area contributed by atoms with Gasteiger partial charge in [0.1, 0.15) is 0 Å². The quantitative estimate of drug-likeness (QED) is 0.511. The second-order valence-corrected chi connectivity index (χ2v) is 4.61. The van der Waals surface area contributed by atoms with Gasteiger partial charge < -0.3 is 10.6 Å². The molecule has 0 heterocycles. The number of nitrogens with zero attached hydrogens (tertiary/aromatic N) is 1. The maximum atomic E-state index is 10.8. The summed E-state index contributed by atoms with van der Waals surface area (Å²) in [6, 6.07) is 14.1. The zero-order valence-corrected chi connectivity index (χ0v) is 11.6. The fraction of sp³-hybridized carbons (Fsp3) is 0.0714. The number of nitro benzene ring substituents is 1. The average molecular weight is 287 g/mol. The van der Waals surface area contributed by atoms with Crippen molar-refractivity contribution in [2.75, 3.05) is 10.6 Å². The van der Waals surface area contributed by atoms with Gasteiger partial charge in [0.2, 0.25) is 0 Å². The summed E-state index contributed by atoms with van der Waals surface area (Å²) in [5, 5.41) is 17.1. The highest BCUT2D eigenvalue weighted by Gasteiger charge is 2.09. The van der Waals surface area contributed by atoms with Crippen molar-refractivity contribution < 1.29 is 4.92 Å². The molecule has 0 aliphatic rings. The minimum absolute atomic E-state index is 0.0283. The van der Waals surface area contributed by atoms with Crippen molar-refractivity contribution in [2.45, 2.75) is 6.92 Å². The Hall–Kier alpha value is -2.47. The van der Waals surface area contributed by atoms with E-state index in [0.29, 0.717) is 10.8 Å². The maximum Gasteiger partial charge on any atom is 0.271 e. The Kier molecular flexibility index (Phi) is 4.27. The first-order valence-corrected chi connectivity index (χ1v) is 6.35. The van der Waals surface area contributed by atoms with Crippen LogP contribution in [0.1, 0.15) is 5.56 Å². The molecule has 5 nitrogen and oxygen atoms in total. The molecule has 0 spiro atoms. The predicted molar refractivity (Wildman–Crippen MR) is 84.1 cm³/mol. The molecule has 0 atom stereocenters. The number of thiocarbonyl (C=S) groups is 1. The standard InChI is InChI=1S/C14H13N3O2S/c1-10-7-8-12(17(18)19)9-13(10)16-14(20)15-11-5-3-2-4-6-11/h2-9H,1H3,(H2,15,16,20). The van der Waals surface area contributed by atoms with Crippen molar-refractivity contribution in [2.24, 2.45) is 0 Å². The van der Waals surface area contributed by atoms with Gasteiger partial charge in [0.15, 0.2) is 5.11 Å². The zero-order chi connectivity index (χ0) is 14.5. The summed E-state index contributed by atoms with van der Waals surface area (Å²) in [6.07, 6.45) is 0. The van der Waals surface area contributed by atoms with Crippen molar-refractivity contribution in [3.8, 4) is 0 Å². The van der Waals surface area contributed by atoms with E-state index in [4.69, 9.17) is 12.2 Å². The number of benzene rings is 2. The number of hydrogen-bond donors (Lipinski definition) is 2. The first kappa shape index (κ1) is 14.0. The summed E-state index contributed by atoms with van der Waals surface area (Å²) in [4.78, 5) is 10.3. The van der Waals surface area contributed by atoms with Crippen molar-refractivity contribution in [3.63, 3.8) is 0 Å². The van der Waals surface area contributed by atoms with E-state index in [1.54, 1.807) is 6.07 Å². The van der Waals surface area contributed by atoms with E-state index in [2.05, 4.69) is 10.6 Å². The Labute approximate surface area is 121 Å². The lowest BCUT2D eigenvalue weighted by Crippen LogP contribution is -2.19. The molecule has 0 bridgehead atoms. The molecule has 0 fully saturated rings. The first-order valence-electron chi connectivity index (χ1n) is 5.94. The van der Waals surface area contributed by atoms with E-state index in [9.17, 15) is 10.1 Å². The molecule has 0 saturated heterocycles. The van der Waals surface area contributed by atoms with E-state index in [-0.39, 0.29) is 5.69 Å². The van der Waals surface area contributed by atoms with Crippen LogP contribution in [0.25, 0.3) is 0 Å². The van der Waals surface area contributed by atoms with Crippen LogP contribution in [0.4, 0.5) is 17.1 Å². The summed E-state index contributed by atoms with van der Waals surface area (Å²) < 4.78 is 0. The van der Waals surface area contributed by atoms with Crippen molar-refractivity contribution in [1.29, 1.82) is 0 Å².